The van der Waals surface area contributed by atoms with Gasteiger partial charge in [0, 0.05) is 48.6 Å². The number of piperidine rings is 1. The first kappa shape index (κ1) is 20.0. The van der Waals surface area contributed by atoms with E-state index in [4.69, 9.17) is 5.26 Å². The van der Waals surface area contributed by atoms with Crippen LogP contribution in [0.15, 0.2) is 18.2 Å². The van der Waals surface area contributed by atoms with Crippen molar-refractivity contribution >= 4 is 11.6 Å². The molecule has 2 saturated heterocycles. The molecule has 3 fully saturated rings. The van der Waals surface area contributed by atoms with E-state index in [9.17, 15) is 23.1 Å². The van der Waals surface area contributed by atoms with Crippen LogP contribution in [0, 0.1) is 28.1 Å². The van der Waals surface area contributed by atoms with Crippen LogP contribution in [-0.2, 0) is 11.0 Å². The van der Waals surface area contributed by atoms with Gasteiger partial charge in [-0.05, 0) is 37.5 Å². The van der Waals surface area contributed by atoms with Gasteiger partial charge in [0.2, 0.25) is 5.91 Å². The van der Waals surface area contributed by atoms with Gasteiger partial charge >= 0.3 is 6.18 Å². The molecule has 2 aliphatic heterocycles. The van der Waals surface area contributed by atoms with Crippen molar-refractivity contribution in [3.05, 3.63) is 29.3 Å². The minimum atomic E-state index is -4.61. The Bertz CT molecular complexity index is 875. The van der Waals surface area contributed by atoms with E-state index in [1.54, 1.807) is 6.07 Å². The number of aliphatic hydroxyl groups excluding tert-OH is 1. The minimum Gasteiger partial charge on any atom is -0.396 e. The molecule has 2 atom stereocenters. The predicted octanol–water partition coefficient (Wildman–Crippen LogP) is 3.02. The van der Waals surface area contributed by atoms with Crippen molar-refractivity contribution in [2.45, 2.75) is 32.4 Å². The molecular weight excluding hydrogens is 383 g/mol. The Hall–Kier alpha value is -2.27. The lowest BCUT2D eigenvalue weighted by Crippen LogP contribution is -2.52. The number of carbonyl (C=O) groups excluding carboxylic acids is 1. The van der Waals surface area contributed by atoms with E-state index < -0.39 is 22.7 Å². The highest BCUT2D eigenvalue weighted by atomic mass is 19.4. The molecule has 156 valence electrons. The van der Waals surface area contributed by atoms with Crippen molar-refractivity contribution in [1.29, 1.82) is 5.26 Å². The van der Waals surface area contributed by atoms with Crippen molar-refractivity contribution in [2.24, 2.45) is 16.7 Å². The molecule has 3 aliphatic rings. The molecule has 2 heterocycles. The summed E-state index contributed by atoms with van der Waals surface area (Å²) in [5, 5.41) is 19.1. The van der Waals surface area contributed by atoms with Crippen LogP contribution < -0.4 is 4.90 Å². The fourth-order valence-corrected chi connectivity index (χ4v) is 4.77. The van der Waals surface area contributed by atoms with Gasteiger partial charge in [0.25, 0.3) is 0 Å². The molecule has 1 aromatic rings. The molecule has 1 N–H and O–H groups in total. The second-order valence-corrected chi connectivity index (χ2v) is 9.00. The Morgan fingerprint density at radius 3 is 2.62 bits per heavy atom. The predicted molar refractivity (Wildman–Crippen MR) is 99.9 cm³/mol. The molecule has 0 unspecified atom stereocenters. The van der Waals surface area contributed by atoms with Gasteiger partial charge in [0.1, 0.15) is 0 Å². The van der Waals surface area contributed by atoms with Crippen LogP contribution in [0.5, 0.6) is 0 Å². The van der Waals surface area contributed by atoms with Crippen molar-refractivity contribution < 1.29 is 23.1 Å². The Balaban J connectivity index is 1.58. The molecule has 5 nitrogen and oxygen atoms in total. The molecular formula is C21H24F3N3O2. The number of likely N-dealkylation sites (tertiary alicyclic amines) is 1. The fraction of sp³-hybridized carbons (Fsp3) is 0.619. The van der Waals surface area contributed by atoms with E-state index in [1.165, 1.54) is 12.1 Å². The van der Waals surface area contributed by atoms with E-state index in [1.807, 2.05) is 16.7 Å². The summed E-state index contributed by atoms with van der Waals surface area (Å²) in [6.45, 7) is 3.92. The maximum Gasteiger partial charge on any atom is 0.417 e. The number of rotatable bonds is 3. The average molecular weight is 407 g/mol. The third kappa shape index (κ3) is 3.35. The van der Waals surface area contributed by atoms with E-state index in [0.29, 0.717) is 38.3 Å². The van der Waals surface area contributed by atoms with Crippen LogP contribution >= 0.6 is 0 Å². The molecule has 4 rings (SSSR count). The van der Waals surface area contributed by atoms with Gasteiger partial charge < -0.3 is 14.9 Å². The highest BCUT2D eigenvalue weighted by Gasteiger charge is 2.53. The van der Waals surface area contributed by atoms with Crippen LogP contribution in [0.25, 0.3) is 0 Å². The van der Waals surface area contributed by atoms with Crippen LogP contribution in [0.4, 0.5) is 18.9 Å². The SMILES string of the molecule is CC1(C(=O)N2CC[C@@]3(CO)CN(c4ccc(C#N)c(C(F)(F)F)c4)C[C@H]3C2)CC1. The molecule has 1 aromatic carbocycles. The van der Waals surface area contributed by atoms with Crippen molar-refractivity contribution in [3.63, 3.8) is 0 Å². The van der Waals surface area contributed by atoms with E-state index in [0.717, 1.165) is 18.9 Å². The van der Waals surface area contributed by atoms with Crippen molar-refractivity contribution in [2.75, 3.05) is 37.7 Å². The van der Waals surface area contributed by atoms with Crippen molar-refractivity contribution in [1.82, 2.24) is 4.90 Å². The standard InChI is InChI=1S/C21H24F3N3O2/c1-19(4-5-19)18(29)26-7-6-20(13-28)12-27(11-15(20)10-26)16-3-2-14(9-25)17(8-16)21(22,23)24/h2-3,8,15,28H,4-7,10-13H2,1H3/t15-,20+/m1/s1. The first-order valence-electron chi connectivity index (χ1n) is 9.88. The lowest BCUT2D eigenvalue weighted by Gasteiger charge is -2.43. The van der Waals surface area contributed by atoms with Gasteiger partial charge in [-0.25, -0.2) is 0 Å². The monoisotopic (exact) mass is 407 g/mol. The van der Waals surface area contributed by atoms with Gasteiger partial charge in [0.05, 0.1) is 23.8 Å². The molecule has 0 bridgehead atoms. The number of hydrogen-bond donors (Lipinski definition) is 1. The lowest BCUT2D eigenvalue weighted by molar-refractivity contribution is -0.140. The third-order valence-corrected chi connectivity index (χ3v) is 7.05. The number of nitriles is 1. The molecule has 1 saturated carbocycles. The van der Waals surface area contributed by atoms with Crippen LogP contribution in [-0.4, -0.2) is 48.7 Å². The number of hydrogen-bond acceptors (Lipinski definition) is 4. The smallest absolute Gasteiger partial charge is 0.396 e. The normalized spacial score (nSPS) is 28.1. The largest absolute Gasteiger partial charge is 0.417 e. The summed E-state index contributed by atoms with van der Waals surface area (Å²) in [5.74, 6) is 0.151. The summed E-state index contributed by atoms with van der Waals surface area (Å²) in [5.41, 5.74) is -1.63. The Morgan fingerprint density at radius 1 is 1.31 bits per heavy atom. The molecule has 0 aromatic heterocycles. The average Bonchev–Trinajstić information content (AvgIpc) is 3.33. The van der Waals surface area contributed by atoms with Crippen LogP contribution in [0.2, 0.25) is 0 Å². The number of benzene rings is 1. The Labute approximate surface area is 167 Å². The number of amides is 1. The second-order valence-electron chi connectivity index (χ2n) is 9.00. The topological polar surface area (TPSA) is 67.6 Å². The minimum absolute atomic E-state index is 0.00229. The van der Waals surface area contributed by atoms with Gasteiger partial charge in [-0.2, -0.15) is 18.4 Å². The zero-order chi connectivity index (χ0) is 21.0. The van der Waals surface area contributed by atoms with Crippen molar-refractivity contribution in [3.8, 4) is 6.07 Å². The molecule has 8 heteroatoms. The number of aliphatic hydroxyl groups is 1. The highest BCUT2D eigenvalue weighted by molar-refractivity contribution is 5.85. The summed E-state index contributed by atoms with van der Waals surface area (Å²) < 4.78 is 40.0. The Morgan fingerprint density at radius 2 is 2.03 bits per heavy atom. The Kier molecular flexibility index (Phi) is 4.57. The molecule has 1 aliphatic carbocycles. The maximum atomic E-state index is 13.3. The van der Waals surface area contributed by atoms with E-state index in [-0.39, 0.29) is 23.8 Å². The van der Waals surface area contributed by atoms with E-state index >= 15 is 0 Å². The number of carbonyl (C=O) groups is 1. The highest BCUT2D eigenvalue weighted by Crippen LogP contribution is 2.49. The first-order chi connectivity index (χ1) is 13.6. The van der Waals surface area contributed by atoms with Gasteiger partial charge in [0.15, 0.2) is 0 Å². The van der Waals surface area contributed by atoms with Gasteiger partial charge in [-0.3, -0.25) is 4.79 Å². The van der Waals surface area contributed by atoms with Gasteiger partial charge in [-0.15, -0.1) is 0 Å². The van der Waals surface area contributed by atoms with Crippen LogP contribution in [0.3, 0.4) is 0 Å². The molecule has 29 heavy (non-hydrogen) atoms. The quantitative estimate of drug-likeness (QED) is 0.837. The lowest BCUT2D eigenvalue weighted by atomic mass is 9.73. The number of nitrogens with zero attached hydrogens (tertiary/aromatic N) is 3. The second kappa shape index (κ2) is 6.63. The molecule has 1 amide bonds. The molecule has 0 radical (unpaired) electrons. The van der Waals surface area contributed by atoms with Gasteiger partial charge in [-0.1, -0.05) is 6.92 Å². The maximum absolute atomic E-state index is 13.3. The van der Waals surface area contributed by atoms with Crippen LogP contribution in [0.1, 0.15) is 37.3 Å². The first-order valence-corrected chi connectivity index (χ1v) is 9.88. The summed E-state index contributed by atoms with van der Waals surface area (Å²) in [6, 6.07) is 5.36. The summed E-state index contributed by atoms with van der Waals surface area (Å²) >= 11 is 0. The zero-order valence-electron chi connectivity index (χ0n) is 16.3. The number of halogens is 3. The summed E-state index contributed by atoms with van der Waals surface area (Å²) in [4.78, 5) is 16.5. The summed E-state index contributed by atoms with van der Waals surface area (Å²) in [7, 11) is 0. The summed E-state index contributed by atoms with van der Waals surface area (Å²) in [6.07, 6.45) is -2.18. The number of fused-ring (bicyclic) bond motifs is 1. The fourth-order valence-electron chi connectivity index (χ4n) is 4.77. The zero-order valence-corrected chi connectivity index (χ0v) is 16.3. The number of anilines is 1. The third-order valence-electron chi connectivity index (χ3n) is 7.05. The molecule has 0 spiro atoms. The van der Waals surface area contributed by atoms with E-state index in [2.05, 4.69) is 0 Å². The number of alkyl halides is 3.